The number of halogens is 1. The molecule has 2 aromatic rings. The lowest BCUT2D eigenvalue weighted by molar-refractivity contribution is 0.0243. The maximum atomic E-state index is 5.80. The van der Waals surface area contributed by atoms with E-state index in [1.807, 2.05) is 7.05 Å². The average molecular weight is 456 g/mol. The molecular weight excluding hydrogens is 427 g/mol. The summed E-state index contributed by atoms with van der Waals surface area (Å²) >= 11 is 0. The lowest BCUT2D eigenvalue weighted by Crippen LogP contribution is -2.45. The third-order valence-corrected chi connectivity index (χ3v) is 4.70. The van der Waals surface area contributed by atoms with Crippen molar-refractivity contribution in [1.82, 2.24) is 15.2 Å². The molecule has 1 atom stereocenters. The average Bonchev–Trinajstić information content (AvgIpc) is 3.21. The third kappa shape index (κ3) is 5.34. The molecule has 2 N–H and O–H groups in total. The van der Waals surface area contributed by atoms with Gasteiger partial charge < -0.3 is 19.9 Å². The smallest absolute Gasteiger partial charge is 0.191 e. The van der Waals surface area contributed by atoms with E-state index >= 15 is 0 Å². The van der Waals surface area contributed by atoms with Crippen LogP contribution in [0, 0.1) is 0 Å². The van der Waals surface area contributed by atoms with Gasteiger partial charge in [-0.3, -0.25) is 4.99 Å². The number of para-hydroxylation sites is 1. The van der Waals surface area contributed by atoms with Crippen molar-refractivity contribution in [3.8, 4) is 0 Å². The summed E-state index contributed by atoms with van der Waals surface area (Å²) in [5, 5.41) is 8.07. The Balaban J connectivity index is 0.00000225. The summed E-state index contributed by atoms with van der Waals surface area (Å²) in [4.78, 5) is 4.30. The molecule has 138 valence electrons. The van der Waals surface area contributed by atoms with E-state index in [1.165, 1.54) is 10.9 Å². The molecule has 5 nitrogen and oxygen atoms in total. The van der Waals surface area contributed by atoms with Crippen molar-refractivity contribution >= 4 is 40.8 Å². The Hall–Kier alpha value is -1.28. The van der Waals surface area contributed by atoms with Gasteiger partial charge in [0.25, 0.3) is 0 Å². The molecule has 0 radical (unpaired) electrons. The molecule has 1 aliphatic rings. The Morgan fingerprint density at radius 1 is 1.28 bits per heavy atom. The lowest BCUT2D eigenvalue weighted by atomic mass is 10.0. The second-order valence-electron chi connectivity index (χ2n) is 6.68. The zero-order valence-corrected chi connectivity index (χ0v) is 17.5. The summed E-state index contributed by atoms with van der Waals surface area (Å²) in [7, 11) is 1.81. The predicted octanol–water partition coefficient (Wildman–Crippen LogP) is 3.38. The van der Waals surface area contributed by atoms with Crippen molar-refractivity contribution < 1.29 is 4.74 Å². The molecule has 25 heavy (non-hydrogen) atoms. The van der Waals surface area contributed by atoms with Crippen LogP contribution >= 0.6 is 24.0 Å². The van der Waals surface area contributed by atoms with Crippen molar-refractivity contribution in [2.75, 3.05) is 26.7 Å². The van der Waals surface area contributed by atoms with Crippen LogP contribution in [0.25, 0.3) is 10.9 Å². The van der Waals surface area contributed by atoms with E-state index in [0.29, 0.717) is 0 Å². The van der Waals surface area contributed by atoms with Gasteiger partial charge in [0.05, 0.1) is 5.60 Å². The van der Waals surface area contributed by atoms with Gasteiger partial charge in [0.2, 0.25) is 0 Å². The number of rotatable bonds is 6. The molecule has 1 aromatic carbocycles. The number of aliphatic imine (C=N–C) groups is 1. The Labute approximate surface area is 167 Å². The van der Waals surface area contributed by atoms with Gasteiger partial charge in [-0.15, -0.1) is 24.0 Å². The summed E-state index contributed by atoms with van der Waals surface area (Å²) in [6.07, 6.45) is 5.47. The highest BCUT2D eigenvalue weighted by molar-refractivity contribution is 14.0. The quantitative estimate of drug-likeness (QED) is 0.303. The van der Waals surface area contributed by atoms with E-state index in [9.17, 15) is 0 Å². The van der Waals surface area contributed by atoms with Gasteiger partial charge >= 0.3 is 0 Å². The first kappa shape index (κ1) is 20.0. The van der Waals surface area contributed by atoms with Crippen LogP contribution in [-0.2, 0) is 11.3 Å². The van der Waals surface area contributed by atoms with Crippen LogP contribution in [0.4, 0.5) is 0 Å². The second kappa shape index (κ2) is 9.43. The van der Waals surface area contributed by atoms with Crippen LogP contribution in [0.3, 0.4) is 0 Å². The number of guanidine groups is 1. The lowest BCUT2D eigenvalue weighted by Gasteiger charge is -2.24. The number of fused-ring (bicyclic) bond motifs is 1. The van der Waals surface area contributed by atoms with Crippen molar-refractivity contribution in [2.45, 2.75) is 38.3 Å². The zero-order valence-electron chi connectivity index (χ0n) is 15.1. The Bertz CT molecular complexity index is 692. The minimum atomic E-state index is -0.0539. The monoisotopic (exact) mass is 456 g/mol. The molecule has 6 heteroatoms. The first-order valence-electron chi connectivity index (χ1n) is 8.83. The van der Waals surface area contributed by atoms with Gasteiger partial charge in [-0.1, -0.05) is 18.2 Å². The number of ether oxygens (including phenoxy) is 1. The fraction of sp³-hybridized carbons (Fsp3) is 0.526. The van der Waals surface area contributed by atoms with Crippen molar-refractivity contribution in [2.24, 2.45) is 4.99 Å². The first-order valence-corrected chi connectivity index (χ1v) is 8.83. The molecule has 3 rings (SSSR count). The number of aromatic nitrogens is 1. The summed E-state index contributed by atoms with van der Waals surface area (Å²) < 4.78 is 8.11. The summed E-state index contributed by atoms with van der Waals surface area (Å²) in [5.41, 5.74) is 1.24. The highest BCUT2D eigenvalue weighted by atomic mass is 127. The highest BCUT2D eigenvalue weighted by Gasteiger charge is 2.29. The molecule has 0 aliphatic carbocycles. The molecule has 1 aliphatic heterocycles. The molecule has 1 fully saturated rings. The van der Waals surface area contributed by atoms with E-state index < -0.39 is 0 Å². The normalized spacial score (nSPS) is 20.5. The zero-order chi connectivity index (χ0) is 16.8. The molecule has 0 saturated carbocycles. The standard InChI is InChI=1S/C19H28N4O.HI/c1-19(10-5-14-24-19)15-22-18(20-2)21-11-6-12-23-13-9-16-7-3-4-8-17(16)23;/h3-4,7-9,13H,5-6,10-12,14-15H2,1-2H3,(H2,20,21,22);1H. The SMILES string of the molecule is CN=C(NCCCn1ccc2ccccc21)NCC1(C)CCCO1.I. The van der Waals surface area contributed by atoms with Gasteiger partial charge in [-0.2, -0.15) is 0 Å². The van der Waals surface area contributed by atoms with E-state index in [4.69, 9.17) is 4.74 Å². The number of aryl methyl sites for hydroxylation is 1. The Morgan fingerprint density at radius 2 is 2.12 bits per heavy atom. The number of hydrogen-bond acceptors (Lipinski definition) is 2. The largest absolute Gasteiger partial charge is 0.373 e. The highest BCUT2D eigenvalue weighted by Crippen LogP contribution is 2.23. The van der Waals surface area contributed by atoms with Crippen LogP contribution in [0.2, 0.25) is 0 Å². The Kier molecular flexibility index (Phi) is 7.56. The second-order valence-corrected chi connectivity index (χ2v) is 6.68. The van der Waals surface area contributed by atoms with Gasteiger partial charge in [0.1, 0.15) is 0 Å². The van der Waals surface area contributed by atoms with Crippen LogP contribution in [-0.4, -0.2) is 42.9 Å². The van der Waals surface area contributed by atoms with Crippen molar-refractivity contribution in [3.05, 3.63) is 36.5 Å². The molecule has 1 aromatic heterocycles. The number of nitrogens with zero attached hydrogens (tertiary/aromatic N) is 2. The minimum Gasteiger partial charge on any atom is -0.373 e. The molecule has 1 unspecified atom stereocenters. The molecule has 2 heterocycles. The first-order chi connectivity index (χ1) is 11.7. The van der Waals surface area contributed by atoms with E-state index in [0.717, 1.165) is 51.5 Å². The molecule has 0 bridgehead atoms. The maximum absolute atomic E-state index is 5.80. The fourth-order valence-corrected chi connectivity index (χ4v) is 3.26. The van der Waals surface area contributed by atoms with Gasteiger partial charge in [0.15, 0.2) is 5.96 Å². The van der Waals surface area contributed by atoms with Gasteiger partial charge in [0, 0.05) is 45.0 Å². The van der Waals surface area contributed by atoms with E-state index in [-0.39, 0.29) is 29.6 Å². The fourth-order valence-electron chi connectivity index (χ4n) is 3.26. The van der Waals surface area contributed by atoms with Gasteiger partial charge in [-0.05, 0) is 43.7 Å². The van der Waals surface area contributed by atoms with E-state index in [1.54, 1.807) is 0 Å². The molecule has 0 spiro atoms. The molecule has 1 saturated heterocycles. The summed E-state index contributed by atoms with van der Waals surface area (Å²) in [5.74, 6) is 0.851. The Morgan fingerprint density at radius 3 is 2.88 bits per heavy atom. The maximum Gasteiger partial charge on any atom is 0.191 e. The number of benzene rings is 1. The number of nitrogens with one attached hydrogen (secondary N) is 2. The van der Waals surface area contributed by atoms with Crippen molar-refractivity contribution in [1.29, 1.82) is 0 Å². The third-order valence-electron chi connectivity index (χ3n) is 4.70. The van der Waals surface area contributed by atoms with Crippen LogP contribution in [0.1, 0.15) is 26.2 Å². The molecule has 0 amide bonds. The van der Waals surface area contributed by atoms with Crippen molar-refractivity contribution in [3.63, 3.8) is 0 Å². The topological polar surface area (TPSA) is 50.6 Å². The van der Waals surface area contributed by atoms with Crippen LogP contribution in [0.5, 0.6) is 0 Å². The predicted molar refractivity (Wildman–Crippen MR) is 115 cm³/mol. The molecular formula is C19H29IN4O. The summed E-state index contributed by atoms with van der Waals surface area (Å²) in [6.45, 7) is 5.73. The van der Waals surface area contributed by atoms with Crippen LogP contribution < -0.4 is 10.6 Å². The van der Waals surface area contributed by atoms with Crippen LogP contribution in [0.15, 0.2) is 41.5 Å². The number of hydrogen-bond donors (Lipinski definition) is 2. The van der Waals surface area contributed by atoms with E-state index in [2.05, 4.69) is 63.6 Å². The summed E-state index contributed by atoms with van der Waals surface area (Å²) in [6, 6.07) is 10.7. The minimum absolute atomic E-state index is 0. The van der Waals surface area contributed by atoms with Gasteiger partial charge in [-0.25, -0.2) is 0 Å².